The van der Waals surface area contributed by atoms with E-state index in [-0.39, 0.29) is 40.5 Å². The minimum atomic E-state index is -0.455. The summed E-state index contributed by atoms with van der Waals surface area (Å²) in [5, 5.41) is 11.9. The first-order valence-electron chi connectivity index (χ1n) is 11.2. The van der Waals surface area contributed by atoms with Gasteiger partial charge in [-0.1, -0.05) is 18.2 Å². The lowest BCUT2D eigenvalue weighted by atomic mass is 10.1. The van der Waals surface area contributed by atoms with Crippen LogP contribution in [-0.4, -0.2) is 39.1 Å². The minimum Gasteiger partial charge on any atom is -0.376 e. The maximum Gasteiger partial charge on any atom is 0.267 e. The van der Waals surface area contributed by atoms with Crippen LogP contribution in [0.4, 0.5) is 4.39 Å². The molecule has 174 valence electrons. The molecule has 4 aromatic rings. The number of carbonyl (C=O) groups excluding carboxylic acids is 1. The van der Waals surface area contributed by atoms with Crippen LogP contribution in [0, 0.1) is 18.2 Å². The van der Waals surface area contributed by atoms with Crippen LogP contribution in [0.15, 0.2) is 53.5 Å². The quantitative estimate of drug-likeness (QED) is 0.446. The molecule has 2 N–H and O–H groups in total. The van der Waals surface area contributed by atoms with Crippen molar-refractivity contribution in [1.29, 1.82) is 5.41 Å². The third kappa shape index (κ3) is 3.99. The molecule has 1 aliphatic rings. The Labute approximate surface area is 194 Å². The van der Waals surface area contributed by atoms with Crippen LogP contribution in [0.1, 0.15) is 34.3 Å². The summed E-state index contributed by atoms with van der Waals surface area (Å²) >= 11 is 0. The Hall–Kier alpha value is -3.85. The number of hydrogen-bond donors (Lipinski definition) is 2. The molecular formula is C25H24FN5O3. The molecular weight excluding hydrogens is 437 g/mol. The molecule has 0 spiro atoms. The average molecular weight is 461 g/mol. The molecule has 9 heteroatoms. The normalized spacial score (nSPS) is 15.8. The van der Waals surface area contributed by atoms with Crippen LogP contribution in [0.5, 0.6) is 0 Å². The van der Waals surface area contributed by atoms with Crippen molar-refractivity contribution in [2.24, 2.45) is 0 Å². The summed E-state index contributed by atoms with van der Waals surface area (Å²) in [6, 6.07) is 10.9. The number of pyridine rings is 2. The van der Waals surface area contributed by atoms with E-state index in [1.54, 1.807) is 24.4 Å². The van der Waals surface area contributed by atoms with Crippen molar-refractivity contribution >= 4 is 22.6 Å². The van der Waals surface area contributed by atoms with Crippen molar-refractivity contribution in [3.05, 3.63) is 87.0 Å². The number of aryl methyl sites for hydroxylation is 1. The number of hydrogen-bond acceptors (Lipinski definition) is 5. The van der Waals surface area contributed by atoms with E-state index in [1.165, 1.54) is 27.2 Å². The van der Waals surface area contributed by atoms with Crippen LogP contribution in [0.2, 0.25) is 0 Å². The molecule has 0 radical (unpaired) electrons. The first-order chi connectivity index (χ1) is 16.4. The fraction of sp³-hybridized carbons (Fsp3) is 0.280. The van der Waals surface area contributed by atoms with Crippen LogP contribution < -0.4 is 16.4 Å². The lowest BCUT2D eigenvalue weighted by molar-refractivity contribution is 0.0856. The molecule has 0 bridgehead atoms. The number of nitrogens with zero attached hydrogens (tertiary/aromatic N) is 3. The molecule has 1 amide bonds. The van der Waals surface area contributed by atoms with Gasteiger partial charge in [0.15, 0.2) is 0 Å². The fourth-order valence-corrected chi connectivity index (χ4v) is 4.30. The van der Waals surface area contributed by atoms with Gasteiger partial charge in [0.25, 0.3) is 11.5 Å². The van der Waals surface area contributed by atoms with E-state index >= 15 is 0 Å². The molecule has 1 aromatic carbocycles. The zero-order valence-electron chi connectivity index (χ0n) is 18.7. The van der Waals surface area contributed by atoms with Crippen molar-refractivity contribution in [3.63, 3.8) is 0 Å². The van der Waals surface area contributed by atoms with E-state index in [4.69, 9.17) is 15.1 Å². The van der Waals surface area contributed by atoms with Crippen molar-refractivity contribution in [3.8, 4) is 0 Å². The number of fused-ring (bicyclic) bond motifs is 2. The summed E-state index contributed by atoms with van der Waals surface area (Å²) in [6.07, 6.45) is 3.40. The molecule has 1 aliphatic heterocycles. The predicted molar refractivity (Wildman–Crippen MR) is 124 cm³/mol. The first kappa shape index (κ1) is 22.0. The number of carbonyl (C=O) groups is 1. The average Bonchev–Trinajstić information content (AvgIpc) is 3.35. The van der Waals surface area contributed by atoms with Gasteiger partial charge in [-0.05, 0) is 55.2 Å². The maximum atomic E-state index is 13.4. The van der Waals surface area contributed by atoms with E-state index in [9.17, 15) is 14.0 Å². The number of nitrogens with one attached hydrogen (secondary N) is 2. The Morgan fingerprint density at radius 1 is 1.26 bits per heavy atom. The second-order valence-electron chi connectivity index (χ2n) is 8.50. The third-order valence-electron chi connectivity index (χ3n) is 6.15. The summed E-state index contributed by atoms with van der Waals surface area (Å²) in [5.74, 6) is -0.825. The van der Waals surface area contributed by atoms with E-state index in [0.717, 1.165) is 18.4 Å². The molecule has 1 saturated heterocycles. The molecule has 5 rings (SSSR count). The standard InChI is InChI=1S/C25H24FN5O3/c1-15-4-2-10-30-22(15)29-23-20(25(30)33)12-19(24(32)28-13-18-5-3-11-34-18)21(27)31(23)14-16-6-8-17(26)9-7-16/h2,4,6-10,12,18,27H,3,5,11,13-14H2,1H3,(H,28,32)/t18-/m0/s1. The topological polar surface area (TPSA) is 101 Å². The van der Waals surface area contributed by atoms with E-state index in [0.29, 0.717) is 30.0 Å². The van der Waals surface area contributed by atoms with Gasteiger partial charge in [-0.25, -0.2) is 9.37 Å². The highest BCUT2D eigenvalue weighted by Crippen LogP contribution is 2.15. The van der Waals surface area contributed by atoms with Gasteiger partial charge in [0.05, 0.1) is 23.6 Å². The SMILES string of the molecule is Cc1cccn2c(=O)c3cc(C(=O)NC[C@@H]4CCCO4)c(=N)n(Cc4ccc(F)cc4)c3nc12. The van der Waals surface area contributed by atoms with Gasteiger partial charge in [-0.3, -0.25) is 19.4 Å². The Kier molecular flexibility index (Phi) is 5.70. The molecule has 0 saturated carbocycles. The van der Waals surface area contributed by atoms with Gasteiger partial charge >= 0.3 is 0 Å². The fourth-order valence-electron chi connectivity index (χ4n) is 4.30. The van der Waals surface area contributed by atoms with Crippen molar-refractivity contribution in [1.82, 2.24) is 19.3 Å². The summed E-state index contributed by atoms with van der Waals surface area (Å²) in [4.78, 5) is 31.2. The van der Waals surface area contributed by atoms with Crippen LogP contribution in [-0.2, 0) is 11.3 Å². The van der Waals surface area contributed by atoms with Gasteiger partial charge in [-0.15, -0.1) is 0 Å². The van der Waals surface area contributed by atoms with E-state index in [1.807, 2.05) is 13.0 Å². The number of rotatable bonds is 5. The Morgan fingerprint density at radius 2 is 2.06 bits per heavy atom. The molecule has 4 heterocycles. The lowest BCUT2D eigenvalue weighted by Gasteiger charge is -2.16. The summed E-state index contributed by atoms with van der Waals surface area (Å²) in [5.41, 5.74) is 1.95. The second-order valence-corrected chi connectivity index (χ2v) is 8.50. The highest BCUT2D eigenvalue weighted by atomic mass is 19.1. The zero-order valence-corrected chi connectivity index (χ0v) is 18.7. The van der Waals surface area contributed by atoms with E-state index < -0.39 is 5.91 Å². The predicted octanol–water partition coefficient (Wildman–Crippen LogP) is 2.53. The first-order valence-corrected chi connectivity index (χ1v) is 11.2. The van der Waals surface area contributed by atoms with Gasteiger partial charge in [-0.2, -0.15) is 0 Å². The lowest BCUT2D eigenvalue weighted by Crippen LogP contribution is -2.38. The van der Waals surface area contributed by atoms with Crippen molar-refractivity contribution in [2.75, 3.05) is 13.2 Å². The molecule has 8 nitrogen and oxygen atoms in total. The highest BCUT2D eigenvalue weighted by molar-refractivity contribution is 5.96. The molecule has 34 heavy (non-hydrogen) atoms. The van der Waals surface area contributed by atoms with Crippen LogP contribution >= 0.6 is 0 Å². The van der Waals surface area contributed by atoms with Gasteiger partial charge in [0.2, 0.25) is 0 Å². The Balaban J connectivity index is 1.68. The molecule has 0 aliphatic carbocycles. The maximum absolute atomic E-state index is 13.4. The Morgan fingerprint density at radius 3 is 2.79 bits per heavy atom. The van der Waals surface area contributed by atoms with Gasteiger partial charge in [0.1, 0.15) is 22.6 Å². The van der Waals surface area contributed by atoms with Crippen LogP contribution in [0.3, 0.4) is 0 Å². The molecule has 1 atom stereocenters. The van der Waals surface area contributed by atoms with Crippen LogP contribution in [0.25, 0.3) is 16.7 Å². The molecule has 0 unspecified atom stereocenters. The summed E-state index contributed by atoms with van der Waals surface area (Å²) in [6.45, 7) is 3.01. The number of aromatic nitrogens is 3. The largest absolute Gasteiger partial charge is 0.376 e. The number of ether oxygens (including phenoxy) is 1. The highest BCUT2D eigenvalue weighted by Gasteiger charge is 2.21. The second kappa shape index (κ2) is 8.83. The van der Waals surface area contributed by atoms with Crippen molar-refractivity contribution < 1.29 is 13.9 Å². The van der Waals surface area contributed by atoms with E-state index in [2.05, 4.69) is 5.32 Å². The number of benzene rings is 1. The number of amides is 1. The van der Waals surface area contributed by atoms with Gasteiger partial charge in [0, 0.05) is 19.3 Å². The van der Waals surface area contributed by atoms with Crippen molar-refractivity contribution in [2.45, 2.75) is 32.4 Å². The third-order valence-corrected chi connectivity index (χ3v) is 6.15. The smallest absolute Gasteiger partial charge is 0.267 e. The zero-order chi connectivity index (χ0) is 23.8. The Bertz CT molecular complexity index is 1520. The molecule has 1 fully saturated rings. The molecule has 3 aromatic heterocycles. The van der Waals surface area contributed by atoms with Gasteiger partial charge < -0.3 is 14.6 Å². The minimum absolute atomic E-state index is 0.0517. The monoisotopic (exact) mass is 461 g/mol. The summed E-state index contributed by atoms with van der Waals surface area (Å²) in [7, 11) is 0. The summed E-state index contributed by atoms with van der Waals surface area (Å²) < 4.78 is 22.0. The number of halogens is 1.